The molecular weight excluding hydrogens is 277 g/mol. The van der Waals surface area contributed by atoms with Gasteiger partial charge in [0.25, 0.3) is 0 Å². The summed E-state index contributed by atoms with van der Waals surface area (Å²) in [6, 6.07) is 5.22. The summed E-state index contributed by atoms with van der Waals surface area (Å²) in [7, 11) is 1.31. The number of esters is 1. The van der Waals surface area contributed by atoms with E-state index in [1.165, 1.54) is 24.9 Å². The lowest BCUT2D eigenvalue weighted by Crippen LogP contribution is -2.09. The van der Waals surface area contributed by atoms with Crippen molar-refractivity contribution in [3.63, 3.8) is 0 Å². The second-order valence-electron chi connectivity index (χ2n) is 4.10. The highest BCUT2D eigenvalue weighted by atomic mass is 32.2. The minimum Gasteiger partial charge on any atom is -0.469 e. The molecule has 1 aromatic carbocycles. The van der Waals surface area contributed by atoms with Crippen LogP contribution in [0.25, 0.3) is 0 Å². The van der Waals surface area contributed by atoms with Crippen molar-refractivity contribution in [1.29, 1.82) is 0 Å². The predicted molar refractivity (Wildman–Crippen MR) is 68.8 cm³/mol. The Morgan fingerprint density at radius 2 is 2.11 bits per heavy atom. The minimum atomic E-state index is -4.32. The van der Waals surface area contributed by atoms with E-state index in [2.05, 4.69) is 4.74 Å². The number of methoxy groups -OCH3 is 1. The summed E-state index contributed by atoms with van der Waals surface area (Å²) >= 11 is 1.42. The van der Waals surface area contributed by atoms with Gasteiger partial charge in [-0.2, -0.15) is 24.9 Å². The molecule has 0 aliphatic rings. The average molecular weight is 292 g/mol. The summed E-state index contributed by atoms with van der Waals surface area (Å²) in [4.78, 5) is 11.0. The van der Waals surface area contributed by atoms with Crippen molar-refractivity contribution < 1.29 is 22.7 Å². The monoisotopic (exact) mass is 292 g/mol. The van der Waals surface area contributed by atoms with Gasteiger partial charge in [-0.1, -0.05) is 25.1 Å². The second-order valence-corrected chi connectivity index (χ2v) is 5.53. The van der Waals surface area contributed by atoms with E-state index < -0.39 is 11.7 Å². The molecule has 0 saturated carbocycles. The van der Waals surface area contributed by atoms with Crippen molar-refractivity contribution >= 4 is 17.7 Å². The van der Waals surface area contributed by atoms with Crippen molar-refractivity contribution in [3.8, 4) is 0 Å². The highest BCUT2D eigenvalue weighted by Crippen LogP contribution is 2.30. The number of alkyl halides is 3. The van der Waals surface area contributed by atoms with E-state index in [0.717, 1.165) is 12.1 Å². The molecule has 0 aromatic heterocycles. The Hall–Kier alpha value is -1.17. The zero-order chi connectivity index (χ0) is 14.5. The predicted octanol–water partition coefficient (Wildman–Crippen LogP) is 3.89. The molecule has 0 radical (unpaired) electrons. The Kier molecular flexibility index (Phi) is 5.72. The summed E-state index contributed by atoms with van der Waals surface area (Å²) in [6.07, 6.45) is -4.07. The zero-order valence-electron chi connectivity index (χ0n) is 10.7. The van der Waals surface area contributed by atoms with Crippen LogP contribution < -0.4 is 0 Å². The number of halogens is 3. The Balaban J connectivity index is 2.56. The molecule has 0 bridgehead atoms. The largest absolute Gasteiger partial charge is 0.469 e. The topological polar surface area (TPSA) is 26.3 Å². The maximum atomic E-state index is 12.5. The van der Waals surface area contributed by atoms with Crippen LogP contribution in [0.15, 0.2) is 24.3 Å². The number of carbonyl (C=O) groups excluding carboxylic acids is 1. The van der Waals surface area contributed by atoms with E-state index in [1.54, 1.807) is 6.07 Å². The van der Waals surface area contributed by atoms with Gasteiger partial charge < -0.3 is 4.74 Å². The first-order valence-electron chi connectivity index (χ1n) is 5.67. The normalized spacial score (nSPS) is 13.1. The Morgan fingerprint density at radius 3 is 2.68 bits per heavy atom. The molecule has 0 spiro atoms. The van der Waals surface area contributed by atoms with E-state index in [1.807, 2.05) is 6.92 Å². The van der Waals surface area contributed by atoms with Crippen molar-refractivity contribution in [1.82, 2.24) is 0 Å². The molecule has 0 fully saturated rings. The van der Waals surface area contributed by atoms with Crippen molar-refractivity contribution in [2.45, 2.75) is 30.5 Å². The van der Waals surface area contributed by atoms with Crippen LogP contribution in [0.4, 0.5) is 13.2 Å². The molecule has 6 heteroatoms. The van der Waals surface area contributed by atoms with Crippen molar-refractivity contribution in [2.75, 3.05) is 7.11 Å². The van der Waals surface area contributed by atoms with Crippen molar-refractivity contribution in [3.05, 3.63) is 35.4 Å². The number of carbonyl (C=O) groups is 1. The quantitative estimate of drug-likeness (QED) is 0.770. The van der Waals surface area contributed by atoms with Crippen LogP contribution in [0.2, 0.25) is 0 Å². The molecule has 0 aliphatic heterocycles. The second kappa shape index (κ2) is 6.84. The molecule has 1 unspecified atom stereocenters. The van der Waals surface area contributed by atoms with Crippen molar-refractivity contribution in [2.24, 2.45) is 0 Å². The summed E-state index contributed by atoms with van der Waals surface area (Å²) in [5.74, 6) is 0.117. The first kappa shape index (κ1) is 15.9. The summed E-state index contributed by atoms with van der Waals surface area (Å²) in [5, 5.41) is 0.00185. The van der Waals surface area contributed by atoms with Crippen LogP contribution in [0, 0.1) is 0 Å². The summed E-state index contributed by atoms with van der Waals surface area (Å²) in [5.41, 5.74) is -0.0530. The van der Waals surface area contributed by atoms with Crippen LogP contribution in [-0.2, 0) is 21.5 Å². The van der Waals surface area contributed by atoms with Crippen LogP contribution >= 0.6 is 11.8 Å². The minimum absolute atomic E-state index is 0.00185. The van der Waals surface area contributed by atoms with E-state index in [-0.39, 0.29) is 17.6 Å². The van der Waals surface area contributed by atoms with Gasteiger partial charge in [-0.15, -0.1) is 0 Å². The number of hydrogen-bond acceptors (Lipinski definition) is 3. The van der Waals surface area contributed by atoms with Crippen LogP contribution in [0.3, 0.4) is 0 Å². The third kappa shape index (κ3) is 5.55. The molecule has 2 nitrogen and oxygen atoms in total. The molecule has 1 atom stereocenters. The molecule has 0 saturated heterocycles. The standard InChI is InChI=1S/C13H15F3O2S/c1-9(6-12(17)18-2)19-8-10-4-3-5-11(7-10)13(14,15)16/h3-5,7,9H,6,8H2,1-2H3. The number of rotatable bonds is 5. The lowest BCUT2D eigenvalue weighted by molar-refractivity contribution is -0.140. The van der Waals surface area contributed by atoms with Gasteiger partial charge in [-0.3, -0.25) is 4.79 Å². The van der Waals surface area contributed by atoms with Gasteiger partial charge in [0.05, 0.1) is 19.1 Å². The molecule has 1 aromatic rings. The van der Waals surface area contributed by atoms with Crippen LogP contribution in [0.5, 0.6) is 0 Å². The smallest absolute Gasteiger partial charge is 0.416 e. The molecule has 0 amide bonds. The Morgan fingerprint density at radius 1 is 1.42 bits per heavy atom. The van der Waals surface area contributed by atoms with Crippen LogP contribution in [-0.4, -0.2) is 18.3 Å². The lowest BCUT2D eigenvalue weighted by atomic mass is 10.1. The molecule has 0 aliphatic carbocycles. The third-order valence-electron chi connectivity index (χ3n) is 2.47. The number of benzene rings is 1. The number of ether oxygens (including phenoxy) is 1. The molecule has 0 heterocycles. The number of hydrogen-bond donors (Lipinski definition) is 0. The molecule has 0 N–H and O–H groups in total. The van der Waals surface area contributed by atoms with Crippen LogP contribution in [0.1, 0.15) is 24.5 Å². The fraction of sp³-hybridized carbons (Fsp3) is 0.462. The lowest BCUT2D eigenvalue weighted by Gasteiger charge is -2.11. The SMILES string of the molecule is COC(=O)CC(C)SCc1cccc(C(F)(F)F)c1. The Labute approximate surface area is 114 Å². The number of thioether (sulfide) groups is 1. The summed E-state index contributed by atoms with van der Waals surface area (Å²) in [6.45, 7) is 1.84. The molecule has 19 heavy (non-hydrogen) atoms. The van der Waals surface area contributed by atoms with Gasteiger partial charge in [0.2, 0.25) is 0 Å². The first-order chi connectivity index (χ1) is 8.82. The third-order valence-corrected chi connectivity index (χ3v) is 3.71. The highest BCUT2D eigenvalue weighted by Gasteiger charge is 2.30. The zero-order valence-corrected chi connectivity index (χ0v) is 11.5. The summed E-state index contributed by atoms with van der Waals surface area (Å²) < 4.78 is 42.1. The van der Waals surface area contributed by atoms with Gasteiger partial charge in [0, 0.05) is 11.0 Å². The van der Waals surface area contributed by atoms with E-state index in [9.17, 15) is 18.0 Å². The maximum Gasteiger partial charge on any atom is 0.416 e. The van der Waals surface area contributed by atoms with E-state index in [0.29, 0.717) is 11.3 Å². The fourth-order valence-corrected chi connectivity index (χ4v) is 2.36. The van der Waals surface area contributed by atoms with Gasteiger partial charge in [-0.05, 0) is 11.6 Å². The van der Waals surface area contributed by atoms with Gasteiger partial charge in [-0.25, -0.2) is 0 Å². The van der Waals surface area contributed by atoms with E-state index in [4.69, 9.17) is 0 Å². The highest BCUT2D eigenvalue weighted by molar-refractivity contribution is 7.99. The average Bonchev–Trinajstić information content (AvgIpc) is 2.35. The van der Waals surface area contributed by atoms with Gasteiger partial charge >= 0.3 is 12.1 Å². The molecule has 1 rings (SSSR count). The van der Waals surface area contributed by atoms with Gasteiger partial charge in [0.1, 0.15) is 0 Å². The first-order valence-corrected chi connectivity index (χ1v) is 6.72. The fourth-order valence-electron chi connectivity index (χ4n) is 1.45. The molecule has 106 valence electrons. The molecular formula is C13H15F3O2S. The van der Waals surface area contributed by atoms with Gasteiger partial charge in [0.15, 0.2) is 0 Å². The maximum absolute atomic E-state index is 12.5. The van der Waals surface area contributed by atoms with E-state index >= 15 is 0 Å². The Bertz CT molecular complexity index is 432.